The lowest BCUT2D eigenvalue weighted by Gasteiger charge is -2.09. The first-order valence-electron chi connectivity index (χ1n) is 8.90. The zero-order chi connectivity index (χ0) is 19.7. The summed E-state index contributed by atoms with van der Waals surface area (Å²) in [7, 11) is 1.83. The van der Waals surface area contributed by atoms with Crippen molar-refractivity contribution in [2.45, 2.75) is 18.9 Å². The number of carboxylic acids is 1. The van der Waals surface area contributed by atoms with Gasteiger partial charge in [-0.05, 0) is 36.4 Å². The third-order valence-electron chi connectivity index (χ3n) is 4.79. The Kier molecular flexibility index (Phi) is 4.73. The number of aryl methyl sites for hydroxylation is 1. The van der Waals surface area contributed by atoms with Crippen LogP contribution in [0.5, 0.6) is 11.5 Å². The van der Waals surface area contributed by atoms with E-state index >= 15 is 0 Å². The molecule has 0 spiro atoms. The highest BCUT2D eigenvalue weighted by Crippen LogP contribution is 2.38. The fraction of sp³-hybridized carbons (Fsp3) is 0.238. The third kappa shape index (κ3) is 3.69. The van der Waals surface area contributed by atoms with Crippen molar-refractivity contribution in [3.8, 4) is 22.8 Å². The molecule has 0 bridgehead atoms. The number of benzene rings is 2. The van der Waals surface area contributed by atoms with Crippen LogP contribution >= 0.6 is 0 Å². The van der Waals surface area contributed by atoms with Crippen molar-refractivity contribution < 1.29 is 23.8 Å². The smallest absolute Gasteiger partial charge is 0.304 e. The Bertz CT molecular complexity index is 1010. The number of halogens is 1. The van der Waals surface area contributed by atoms with E-state index < -0.39 is 5.97 Å². The molecular weight excluding hydrogens is 363 g/mol. The number of aliphatic carboxylic acids is 1. The van der Waals surface area contributed by atoms with Crippen LogP contribution in [0.4, 0.5) is 4.39 Å². The summed E-state index contributed by atoms with van der Waals surface area (Å²) in [6.07, 6.45) is 0.0500. The van der Waals surface area contributed by atoms with Crippen molar-refractivity contribution in [2.75, 3.05) is 6.61 Å². The van der Waals surface area contributed by atoms with Crippen LogP contribution in [0, 0.1) is 5.82 Å². The number of hydrogen-bond donors (Lipinski definition) is 1. The van der Waals surface area contributed by atoms with E-state index in [0.717, 1.165) is 22.5 Å². The molecule has 144 valence electrons. The maximum atomic E-state index is 13.1. The Morgan fingerprint density at radius 1 is 1.29 bits per heavy atom. The molecule has 1 aliphatic rings. The summed E-state index contributed by atoms with van der Waals surface area (Å²) in [4.78, 5) is 10.9. The summed E-state index contributed by atoms with van der Waals surface area (Å²) in [5.41, 5.74) is 3.34. The highest BCUT2D eigenvalue weighted by Gasteiger charge is 2.26. The summed E-state index contributed by atoms with van der Waals surface area (Å²) in [5, 5.41) is 13.4. The largest absolute Gasteiger partial charge is 0.492 e. The molecule has 1 N–H and O–H groups in total. The standard InChI is InChI=1S/C21H19FN2O4/c1-24-16(9-19(23-24)13-2-4-15(22)5-3-13)12-27-17-6-7-18-14(8-21(25)26)11-28-20(18)10-17/h2-7,9-10,14H,8,11-12H2,1H3,(H,25,26). The molecule has 28 heavy (non-hydrogen) atoms. The van der Waals surface area contributed by atoms with Gasteiger partial charge in [0.2, 0.25) is 0 Å². The van der Waals surface area contributed by atoms with Crippen LogP contribution in [0.15, 0.2) is 48.5 Å². The normalized spacial score (nSPS) is 15.1. The van der Waals surface area contributed by atoms with Crippen LogP contribution < -0.4 is 9.47 Å². The number of nitrogens with zero attached hydrogens (tertiary/aromatic N) is 2. The second-order valence-electron chi connectivity index (χ2n) is 6.75. The Morgan fingerprint density at radius 2 is 2.07 bits per heavy atom. The first-order chi connectivity index (χ1) is 13.5. The molecule has 0 fully saturated rings. The molecule has 0 saturated heterocycles. The fourth-order valence-electron chi connectivity index (χ4n) is 3.29. The van der Waals surface area contributed by atoms with Gasteiger partial charge in [0.1, 0.15) is 23.9 Å². The van der Waals surface area contributed by atoms with E-state index in [4.69, 9.17) is 14.6 Å². The van der Waals surface area contributed by atoms with E-state index in [9.17, 15) is 9.18 Å². The lowest BCUT2D eigenvalue weighted by atomic mass is 9.98. The molecule has 4 rings (SSSR count). The molecule has 3 aromatic rings. The lowest BCUT2D eigenvalue weighted by Crippen LogP contribution is -2.07. The van der Waals surface area contributed by atoms with Gasteiger partial charge in [-0.3, -0.25) is 9.48 Å². The van der Waals surface area contributed by atoms with Crippen LogP contribution in [0.2, 0.25) is 0 Å². The Hall–Kier alpha value is -3.35. The summed E-state index contributed by atoms with van der Waals surface area (Å²) < 4.78 is 26.3. The quantitative estimate of drug-likeness (QED) is 0.703. The molecule has 7 heteroatoms. The molecule has 1 atom stereocenters. The first kappa shape index (κ1) is 18.0. The van der Waals surface area contributed by atoms with Gasteiger partial charge in [0.25, 0.3) is 0 Å². The molecule has 0 amide bonds. The molecule has 1 aliphatic heterocycles. The van der Waals surface area contributed by atoms with Crippen LogP contribution in [-0.2, 0) is 18.4 Å². The molecule has 2 aromatic carbocycles. The Labute approximate surface area is 161 Å². The maximum absolute atomic E-state index is 13.1. The number of rotatable bonds is 6. The second-order valence-corrected chi connectivity index (χ2v) is 6.75. The Morgan fingerprint density at radius 3 is 2.82 bits per heavy atom. The molecule has 2 heterocycles. The average molecular weight is 382 g/mol. The van der Waals surface area contributed by atoms with E-state index in [1.807, 2.05) is 25.2 Å². The number of carboxylic acid groups (broad SMARTS) is 1. The van der Waals surface area contributed by atoms with E-state index in [-0.39, 0.29) is 18.2 Å². The van der Waals surface area contributed by atoms with Gasteiger partial charge in [-0.1, -0.05) is 6.07 Å². The minimum atomic E-state index is -0.838. The monoisotopic (exact) mass is 382 g/mol. The van der Waals surface area contributed by atoms with Crippen LogP contribution in [0.25, 0.3) is 11.3 Å². The second kappa shape index (κ2) is 7.34. The number of fused-ring (bicyclic) bond motifs is 1. The van der Waals surface area contributed by atoms with E-state index in [1.165, 1.54) is 12.1 Å². The van der Waals surface area contributed by atoms with Gasteiger partial charge in [0, 0.05) is 30.2 Å². The topological polar surface area (TPSA) is 73.6 Å². The molecule has 0 radical (unpaired) electrons. The SMILES string of the molecule is Cn1nc(-c2ccc(F)cc2)cc1COc1ccc2c(c1)OCC2CC(=O)O. The molecule has 1 unspecified atom stereocenters. The van der Waals surface area contributed by atoms with Gasteiger partial charge in [-0.15, -0.1) is 0 Å². The van der Waals surface area contributed by atoms with Gasteiger partial charge >= 0.3 is 5.97 Å². The average Bonchev–Trinajstić information content (AvgIpc) is 3.23. The van der Waals surface area contributed by atoms with Crippen LogP contribution in [0.1, 0.15) is 23.6 Å². The molecule has 0 saturated carbocycles. The van der Waals surface area contributed by atoms with E-state index in [2.05, 4.69) is 5.10 Å². The van der Waals surface area contributed by atoms with Gasteiger partial charge in [-0.25, -0.2) is 4.39 Å². The maximum Gasteiger partial charge on any atom is 0.304 e. The highest BCUT2D eigenvalue weighted by atomic mass is 19.1. The highest BCUT2D eigenvalue weighted by molar-refractivity contribution is 5.68. The van der Waals surface area contributed by atoms with E-state index in [1.54, 1.807) is 22.9 Å². The minimum absolute atomic E-state index is 0.0500. The minimum Gasteiger partial charge on any atom is -0.492 e. The van der Waals surface area contributed by atoms with Gasteiger partial charge < -0.3 is 14.6 Å². The van der Waals surface area contributed by atoms with Gasteiger partial charge in [0.05, 0.1) is 24.4 Å². The lowest BCUT2D eigenvalue weighted by molar-refractivity contribution is -0.137. The van der Waals surface area contributed by atoms with Crippen molar-refractivity contribution in [1.29, 1.82) is 0 Å². The van der Waals surface area contributed by atoms with Crippen molar-refractivity contribution in [3.63, 3.8) is 0 Å². The van der Waals surface area contributed by atoms with Crippen LogP contribution in [-0.4, -0.2) is 27.5 Å². The predicted octanol–water partition coefficient (Wildman–Crippen LogP) is 3.76. The van der Waals surface area contributed by atoms with Crippen molar-refractivity contribution in [3.05, 3.63) is 65.6 Å². The van der Waals surface area contributed by atoms with E-state index in [0.29, 0.717) is 24.7 Å². The summed E-state index contributed by atoms with van der Waals surface area (Å²) >= 11 is 0. The van der Waals surface area contributed by atoms with Crippen LogP contribution in [0.3, 0.4) is 0 Å². The number of ether oxygens (including phenoxy) is 2. The molecule has 1 aromatic heterocycles. The van der Waals surface area contributed by atoms with Gasteiger partial charge in [0.15, 0.2) is 0 Å². The zero-order valence-electron chi connectivity index (χ0n) is 15.3. The van der Waals surface area contributed by atoms with Crippen molar-refractivity contribution in [2.24, 2.45) is 7.05 Å². The summed E-state index contributed by atoms with van der Waals surface area (Å²) in [5.74, 6) is 0.0551. The summed E-state index contributed by atoms with van der Waals surface area (Å²) in [6, 6.07) is 13.6. The first-order valence-corrected chi connectivity index (χ1v) is 8.90. The number of aromatic nitrogens is 2. The third-order valence-corrected chi connectivity index (χ3v) is 4.79. The predicted molar refractivity (Wildman–Crippen MR) is 99.9 cm³/mol. The Balaban J connectivity index is 1.45. The summed E-state index contributed by atoms with van der Waals surface area (Å²) in [6.45, 7) is 0.676. The molecule has 0 aliphatic carbocycles. The van der Waals surface area contributed by atoms with Crippen molar-refractivity contribution in [1.82, 2.24) is 9.78 Å². The van der Waals surface area contributed by atoms with Crippen molar-refractivity contribution >= 4 is 5.97 Å². The fourth-order valence-corrected chi connectivity index (χ4v) is 3.29. The zero-order valence-corrected chi connectivity index (χ0v) is 15.3. The number of hydrogen-bond acceptors (Lipinski definition) is 4. The molecule has 6 nitrogen and oxygen atoms in total. The molecular formula is C21H19FN2O4. The van der Waals surface area contributed by atoms with Gasteiger partial charge in [-0.2, -0.15) is 5.10 Å². The number of carbonyl (C=O) groups is 1.